The quantitative estimate of drug-likeness (QED) is 0.456. The Balaban J connectivity index is 1.57. The van der Waals surface area contributed by atoms with E-state index in [0.29, 0.717) is 22.6 Å². The maximum Gasteiger partial charge on any atom is 0.183 e. The van der Waals surface area contributed by atoms with Gasteiger partial charge in [0.05, 0.1) is 23.4 Å². The molecule has 0 amide bonds. The van der Waals surface area contributed by atoms with E-state index in [9.17, 15) is 4.21 Å². The van der Waals surface area contributed by atoms with Crippen molar-refractivity contribution in [2.45, 2.75) is 44.6 Å². The minimum absolute atomic E-state index is 0.332. The molecule has 2 N–H and O–H groups in total. The van der Waals surface area contributed by atoms with Crippen LogP contribution in [0.4, 0.5) is 10.8 Å². The molecule has 2 unspecified atom stereocenters. The summed E-state index contributed by atoms with van der Waals surface area (Å²) in [5.74, 6) is 1.16. The molecule has 3 aromatic rings. The summed E-state index contributed by atoms with van der Waals surface area (Å²) in [5, 5.41) is 4.50. The number of nitrogens with one attached hydrogen (secondary N) is 2. The molecular weight excluding hydrogens is 456 g/mol. The van der Waals surface area contributed by atoms with E-state index in [1.54, 1.807) is 30.8 Å². The van der Waals surface area contributed by atoms with Crippen LogP contribution in [0.3, 0.4) is 0 Å². The second-order valence-electron chi connectivity index (χ2n) is 8.24. The number of rotatable bonds is 8. The number of pyridine rings is 1. The van der Waals surface area contributed by atoms with Crippen molar-refractivity contribution in [2.75, 3.05) is 30.4 Å². The lowest BCUT2D eigenvalue weighted by atomic mass is 9.93. The van der Waals surface area contributed by atoms with E-state index >= 15 is 0 Å². The molecular formula is C24H30N4O3S2. The van der Waals surface area contributed by atoms with Crippen LogP contribution in [-0.2, 0) is 15.7 Å². The molecule has 4 rings (SSSR count). The molecule has 0 spiro atoms. The Kier molecular flexibility index (Phi) is 7.62. The summed E-state index contributed by atoms with van der Waals surface area (Å²) < 4.78 is 27.3. The van der Waals surface area contributed by atoms with Gasteiger partial charge in [0.2, 0.25) is 0 Å². The van der Waals surface area contributed by atoms with Crippen LogP contribution >= 0.6 is 11.3 Å². The summed E-state index contributed by atoms with van der Waals surface area (Å²) in [6.45, 7) is 7.81. The number of benzene rings is 1. The number of anilines is 2. The largest absolute Gasteiger partial charge is 0.495 e. The number of ether oxygens (including phenoxy) is 2. The maximum atomic E-state index is 13.2. The van der Waals surface area contributed by atoms with Crippen LogP contribution in [0.1, 0.15) is 31.0 Å². The van der Waals surface area contributed by atoms with E-state index in [4.69, 9.17) is 14.5 Å². The lowest BCUT2D eigenvalue weighted by molar-refractivity contribution is 0.0622. The van der Waals surface area contributed by atoms with Crippen molar-refractivity contribution in [3.63, 3.8) is 0 Å². The summed E-state index contributed by atoms with van der Waals surface area (Å²) in [7, 11) is 0.0898. The van der Waals surface area contributed by atoms with Crippen molar-refractivity contribution < 1.29 is 13.7 Å². The predicted molar refractivity (Wildman–Crippen MR) is 134 cm³/mol. The summed E-state index contributed by atoms with van der Waals surface area (Å²) in [6.07, 6.45) is 5.56. The van der Waals surface area contributed by atoms with Crippen LogP contribution in [0.25, 0.3) is 10.4 Å². The van der Waals surface area contributed by atoms with Gasteiger partial charge in [-0.2, -0.15) is 0 Å². The van der Waals surface area contributed by atoms with Crippen molar-refractivity contribution in [3.8, 4) is 16.2 Å². The second kappa shape index (κ2) is 10.6. The maximum absolute atomic E-state index is 13.2. The predicted octanol–water partition coefficient (Wildman–Crippen LogP) is 5.19. The zero-order chi connectivity index (χ0) is 23.4. The number of hydrogen-bond donors (Lipinski definition) is 2. The molecule has 2 atom stereocenters. The van der Waals surface area contributed by atoms with E-state index in [1.165, 1.54) is 0 Å². The van der Waals surface area contributed by atoms with Crippen LogP contribution in [0.2, 0.25) is 0 Å². The van der Waals surface area contributed by atoms with Gasteiger partial charge in [-0.1, -0.05) is 11.3 Å². The Hall–Kier alpha value is -2.49. The van der Waals surface area contributed by atoms with Gasteiger partial charge in [-0.05, 0) is 74.9 Å². The monoisotopic (exact) mass is 486 g/mol. The van der Waals surface area contributed by atoms with Gasteiger partial charge in [0.25, 0.3) is 0 Å². The van der Waals surface area contributed by atoms with Gasteiger partial charge in [0.1, 0.15) is 10.6 Å². The Bertz CT molecular complexity index is 1130. The summed E-state index contributed by atoms with van der Waals surface area (Å²) >= 11 is 1.62. The van der Waals surface area contributed by atoms with Gasteiger partial charge in [0, 0.05) is 31.6 Å². The van der Waals surface area contributed by atoms with Gasteiger partial charge in [-0.25, -0.2) is 9.19 Å². The molecule has 0 saturated carbocycles. The fourth-order valence-electron chi connectivity index (χ4n) is 3.96. The topological polar surface area (TPSA) is 85.4 Å². The summed E-state index contributed by atoms with van der Waals surface area (Å²) in [5.41, 5.74) is 3.61. The van der Waals surface area contributed by atoms with Crippen LogP contribution in [0.15, 0.2) is 41.6 Å². The first-order valence-corrected chi connectivity index (χ1v) is 13.0. The highest BCUT2D eigenvalue weighted by molar-refractivity contribution is 7.86. The minimum atomic E-state index is -1.50. The molecule has 0 radical (unpaired) electrons. The third-order valence-corrected chi connectivity index (χ3v) is 8.23. The Morgan fingerprint density at radius 1 is 1.24 bits per heavy atom. The first kappa shape index (κ1) is 23.7. The zero-order valence-electron chi connectivity index (χ0n) is 19.4. The van der Waals surface area contributed by atoms with Crippen LogP contribution < -0.4 is 14.8 Å². The number of nitrogens with zero attached hydrogens (tertiary/aromatic N) is 2. The number of aryl methyl sites for hydroxylation is 2. The van der Waals surface area contributed by atoms with Gasteiger partial charge in [0.15, 0.2) is 16.1 Å². The molecule has 7 nitrogen and oxygen atoms in total. The third-order valence-electron chi connectivity index (χ3n) is 5.97. The van der Waals surface area contributed by atoms with E-state index < -0.39 is 11.0 Å². The fraction of sp³-hybridized carbons (Fsp3) is 0.417. The van der Waals surface area contributed by atoms with Crippen molar-refractivity contribution in [1.82, 2.24) is 9.97 Å². The highest BCUT2D eigenvalue weighted by Crippen LogP contribution is 2.37. The third kappa shape index (κ3) is 5.54. The fourth-order valence-corrected chi connectivity index (χ4v) is 6.13. The molecule has 2 aromatic heterocycles. The van der Waals surface area contributed by atoms with Crippen molar-refractivity contribution in [1.29, 1.82) is 0 Å². The number of methoxy groups -OCH3 is 1. The standard InChI is InChI=1S/C24H30N4O3S2/c1-15-14-25-10-7-20(15)28-33(29)22-13-19(5-6-21(22)30-4)23-17(3)27-24(32-23)26-16(2)18-8-11-31-12-9-18/h5-7,10,13-14,16,18H,8-9,11-12H2,1-4H3,(H,25,28)(H,26,27). The van der Waals surface area contributed by atoms with E-state index in [0.717, 1.165) is 58.6 Å². The molecule has 1 aliphatic heterocycles. The van der Waals surface area contributed by atoms with Crippen LogP contribution in [-0.4, -0.2) is 40.5 Å². The molecule has 0 bridgehead atoms. The summed E-state index contributed by atoms with van der Waals surface area (Å²) in [6, 6.07) is 7.92. The molecule has 1 fully saturated rings. The molecule has 1 aromatic carbocycles. The first-order valence-electron chi connectivity index (χ1n) is 11.1. The van der Waals surface area contributed by atoms with Crippen LogP contribution in [0.5, 0.6) is 5.75 Å². The lowest BCUT2D eigenvalue weighted by Crippen LogP contribution is -2.30. The average Bonchev–Trinajstić information content (AvgIpc) is 3.20. The SMILES string of the molecule is COc1ccc(-c2sc(NC(C)C3CCOCC3)nc2C)cc1S(=O)Nc1ccncc1C. The van der Waals surface area contributed by atoms with Gasteiger partial charge >= 0.3 is 0 Å². The van der Waals surface area contributed by atoms with Crippen LogP contribution in [0, 0.1) is 19.8 Å². The Labute approximate surface area is 201 Å². The van der Waals surface area contributed by atoms with E-state index in [1.807, 2.05) is 38.1 Å². The lowest BCUT2D eigenvalue weighted by Gasteiger charge is -2.28. The highest BCUT2D eigenvalue weighted by atomic mass is 32.2. The normalized spacial score (nSPS) is 16.2. The zero-order valence-corrected chi connectivity index (χ0v) is 21.0. The smallest absolute Gasteiger partial charge is 0.183 e. The second-order valence-corrected chi connectivity index (χ2v) is 10.4. The van der Waals surface area contributed by atoms with E-state index in [2.05, 4.69) is 21.9 Å². The molecule has 1 saturated heterocycles. The van der Waals surface area contributed by atoms with Gasteiger partial charge in [-0.15, -0.1) is 0 Å². The van der Waals surface area contributed by atoms with Gasteiger partial charge < -0.3 is 19.5 Å². The number of aromatic nitrogens is 2. The summed E-state index contributed by atoms with van der Waals surface area (Å²) in [4.78, 5) is 10.5. The highest BCUT2D eigenvalue weighted by Gasteiger charge is 2.22. The van der Waals surface area contributed by atoms with Crippen molar-refractivity contribution >= 4 is 33.1 Å². The van der Waals surface area contributed by atoms with E-state index in [-0.39, 0.29) is 0 Å². The molecule has 1 aliphatic rings. The number of hydrogen-bond acceptors (Lipinski definition) is 7. The van der Waals surface area contributed by atoms with Crippen molar-refractivity contribution in [2.24, 2.45) is 5.92 Å². The molecule has 33 heavy (non-hydrogen) atoms. The average molecular weight is 487 g/mol. The first-order chi connectivity index (χ1) is 16.0. The Morgan fingerprint density at radius 3 is 2.76 bits per heavy atom. The molecule has 9 heteroatoms. The minimum Gasteiger partial charge on any atom is -0.495 e. The van der Waals surface area contributed by atoms with Gasteiger partial charge in [-0.3, -0.25) is 4.98 Å². The molecule has 176 valence electrons. The number of thiazole rings is 1. The van der Waals surface area contributed by atoms with Crippen molar-refractivity contribution in [3.05, 3.63) is 47.9 Å². The molecule has 3 heterocycles. The molecule has 0 aliphatic carbocycles. The Morgan fingerprint density at radius 2 is 2.03 bits per heavy atom.